The standard InChI is InChI=1S/C17H24N4S/c1-16(2)13-6-7-14(9-13)17(16,3)20-15(22)21-19-11-12-5-4-8-18-10-12/h4-5,8,10-11,13-14H,6-7,9H2,1-3H3,(H2,20,21,22)/b19-11+. The van der Waals surface area contributed by atoms with Crippen molar-refractivity contribution in [1.29, 1.82) is 0 Å². The lowest BCUT2D eigenvalue weighted by Crippen LogP contribution is -2.60. The van der Waals surface area contributed by atoms with Gasteiger partial charge in [0.25, 0.3) is 0 Å². The average Bonchev–Trinajstić information content (AvgIpc) is 3.03. The topological polar surface area (TPSA) is 49.3 Å². The Morgan fingerprint density at radius 3 is 2.77 bits per heavy atom. The Morgan fingerprint density at radius 1 is 1.36 bits per heavy atom. The third-order valence-corrected chi connectivity index (χ3v) is 6.24. The summed E-state index contributed by atoms with van der Waals surface area (Å²) in [4.78, 5) is 4.05. The molecule has 0 spiro atoms. The van der Waals surface area contributed by atoms with Crippen LogP contribution in [0.3, 0.4) is 0 Å². The maximum Gasteiger partial charge on any atom is 0.187 e. The van der Waals surface area contributed by atoms with E-state index in [1.807, 2.05) is 12.1 Å². The molecule has 118 valence electrons. The van der Waals surface area contributed by atoms with E-state index in [1.165, 1.54) is 19.3 Å². The molecule has 0 saturated heterocycles. The van der Waals surface area contributed by atoms with E-state index in [9.17, 15) is 0 Å². The van der Waals surface area contributed by atoms with Gasteiger partial charge in [0.05, 0.1) is 6.21 Å². The van der Waals surface area contributed by atoms with Crippen LogP contribution in [0.4, 0.5) is 0 Å². The first kappa shape index (κ1) is 15.4. The van der Waals surface area contributed by atoms with Gasteiger partial charge in [-0.15, -0.1) is 0 Å². The van der Waals surface area contributed by atoms with Crippen LogP contribution in [0.2, 0.25) is 0 Å². The minimum absolute atomic E-state index is 0.0455. The maximum atomic E-state index is 5.44. The molecule has 2 aliphatic carbocycles. The molecule has 3 atom stereocenters. The predicted molar refractivity (Wildman–Crippen MR) is 93.7 cm³/mol. The highest BCUT2D eigenvalue weighted by molar-refractivity contribution is 7.80. The van der Waals surface area contributed by atoms with Gasteiger partial charge in [-0.2, -0.15) is 5.10 Å². The van der Waals surface area contributed by atoms with Gasteiger partial charge in [-0.1, -0.05) is 19.9 Å². The molecule has 0 amide bonds. The molecule has 1 aromatic rings. The van der Waals surface area contributed by atoms with Gasteiger partial charge in [-0.25, -0.2) is 0 Å². The lowest BCUT2D eigenvalue weighted by atomic mass is 9.64. The highest BCUT2D eigenvalue weighted by Gasteiger charge is 2.60. The number of hydrogen-bond acceptors (Lipinski definition) is 3. The van der Waals surface area contributed by atoms with E-state index < -0.39 is 0 Å². The zero-order valence-corrected chi connectivity index (χ0v) is 14.3. The number of fused-ring (bicyclic) bond motifs is 2. The maximum absolute atomic E-state index is 5.44. The van der Waals surface area contributed by atoms with Gasteiger partial charge < -0.3 is 5.32 Å². The SMILES string of the molecule is CC1(C)C2CCC(C2)C1(C)NC(=S)N/N=C/c1cccnc1. The van der Waals surface area contributed by atoms with Gasteiger partial charge >= 0.3 is 0 Å². The monoisotopic (exact) mass is 316 g/mol. The molecule has 3 unspecified atom stereocenters. The fourth-order valence-corrected chi connectivity index (χ4v) is 4.52. The molecule has 1 heterocycles. The molecule has 5 heteroatoms. The molecule has 0 aromatic carbocycles. The third kappa shape index (κ3) is 2.51. The summed E-state index contributed by atoms with van der Waals surface area (Å²) >= 11 is 5.44. The van der Waals surface area contributed by atoms with Crippen molar-refractivity contribution in [3.8, 4) is 0 Å². The first-order valence-electron chi connectivity index (χ1n) is 7.95. The van der Waals surface area contributed by atoms with Crippen molar-refractivity contribution in [2.24, 2.45) is 22.4 Å². The number of pyridine rings is 1. The van der Waals surface area contributed by atoms with E-state index in [-0.39, 0.29) is 11.0 Å². The van der Waals surface area contributed by atoms with Gasteiger partial charge in [-0.05, 0) is 61.7 Å². The molecular weight excluding hydrogens is 292 g/mol. The van der Waals surface area contributed by atoms with Gasteiger partial charge in [-0.3, -0.25) is 10.4 Å². The number of thiocarbonyl (C=S) groups is 1. The lowest BCUT2D eigenvalue weighted by Gasteiger charge is -2.48. The molecule has 1 aromatic heterocycles. The molecule has 2 saturated carbocycles. The fourth-order valence-electron chi connectivity index (χ4n) is 4.26. The van der Waals surface area contributed by atoms with Crippen molar-refractivity contribution in [3.05, 3.63) is 30.1 Å². The normalized spacial score (nSPS) is 32.3. The van der Waals surface area contributed by atoms with Gasteiger partial charge in [0, 0.05) is 23.5 Å². The summed E-state index contributed by atoms with van der Waals surface area (Å²) in [5, 5.41) is 8.36. The second kappa shape index (κ2) is 5.61. The molecule has 2 fully saturated rings. The lowest BCUT2D eigenvalue weighted by molar-refractivity contribution is 0.0833. The van der Waals surface area contributed by atoms with E-state index in [1.54, 1.807) is 18.6 Å². The number of hydrogen-bond donors (Lipinski definition) is 2. The van der Waals surface area contributed by atoms with Gasteiger partial charge in [0.1, 0.15) is 0 Å². The van der Waals surface area contributed by atoms with E-state index >= 15 is 0 Å². The summed E-state index contributed by atoms with van der Waals surface area (Å²) in [6, 6.07) is 3.84. The highest BCUT2D eigenvalue weighted by atomic mass is 32.1. The van der Waals surface area contributed by atoms with Crippen molar-refractivity contribution in [2.75, 3.05) is 0 Å². The smallest absolute Gasteiger partial charge is 0.187 e. The Kier molecular flexibility index (Phi) is 3.93. The summed E-state index contributed by atoms with van der Waals surface area (Å²) in [5.74, 6) is 1.51. The number of rotatable bonds is 3. The van der Waals surface area contributed by atoms with Crippen LogP contribution in [-0.4, -0.2) is 21.8 Å². The summed E-state index contributed by atoms with van der Waals surface area (Å²) in [5.41, 5.74) is 4.19. The largest absolute Gasteiger partial charge is 0.355 e. The van der Waals surface area contributed by atoms with Gasteiger partial charge in [0.2, 0.25) is 0 Å². The van der Waals surface area contributed by atoms with Crippen molar-refractivity contribution < 1.29 is 0 Å². The van der Waals surface area contributed by atoms with Crippen LogP contribution in [-0.2, 0) is 0 Å². The van der Waals surface area contributed by atoms with Crippen molar-refractivity contribution >= 4 is 23.5 Å². The molecule has 0 aliphatic heterocycles. The van der Waals surface area contributed by atoms with Gasteiger partial charge in [0.15, 0.2) is 5.11 Å². The molecule has 22 heavy (non-hydrogen) atoms. The minimum atomic E-state index is 0.0455. The zero-order chi connectivity index (χ0) is 15.8. The number of nitrogens with zero attached hydrogens (tertiary/aromatic N) is 2. The minimum Gasteiger partial charge on any atom is -0.355 e. The number of hydrazone groups is 1. The summed E-state index contributed by atoms with van der Waals surface area (Å²) in [6.45, 7) is 7.05. The van der Waals surface area contributed by atoms with E-state index in [0.717, 1.165) is 11.5 Å². The van der Waals surface area contributed by atoms with Crippen LogP contribution in [0.25, 0.3) is 0 Å². The first-order chi connectivity index (χ1) is 10.4. The Bertz CT molecular complexity index is 584. The van der Waals surface area contributed by atoms with E-state index in [2.05, 4.69) is 41.6 Å². The molecule has 3 rings (SSSR count). The first-order valence-corrected chi connectivity index (χ1v) is 8.35. The third-order valence-electron chi connectivity index (χ3n) is 6.05. The Hall–Kier alpha value is -1.49. The quantitative estimate of drug-likeness (QED) is 0.511. The fraction of sp³-hybridized carbons (Fsp3) is 0.588. The zero-order valence-electron chi connectivity index (χ0n) is 13.5. The molecular formula is C17H24N4S. The van der Waals surface area contributed by atoms with Crippen molar-refractivity contribution in [3.63, 3.8) is 0 Å². The second-order valence-corrected chi connectivity index (χ2v) is 7.65. The Balaban J connectivity index is 1.61. The molecule has 0 radical (unpaired) electrons. The van der Waals surface area contributed by atoms with E-state index in [4.69, 9.17) is 12.2 Å². The average molecular weight is 316 g/mol. The second-order valence-electron chi connectivity index (χ2n) is 7.24. The number of nitrogens with one attached hydrogen (secondary N) is 2. The summed E-state index contributed by atoms with van der Waals surface area (Å²) in [6.07, 6.45) is 9.22. The van der Waals surface area contributed by atoms with E-state index in [0.29, 0.717) is 11.0 Å². The van der Waals surface area contributed by atoms with Crippen LogP contribution in [0.5, 0.6) is 0 Å². The van der Waals surface area contributed by atoms with Crippen LogP contribution in [0, 0.1) is 17.3 Å². The van der Waals surface area contributed by atoms with Crippen LogP contribution >= 0.6 is 12.2 Å². The van der Waals surface area contributed by atoms with Crippen LogP contribution in [0.15, 0.2) is 29.6 Å². The van der Waals surface area contributed by atoms with Crippen molar-refractivity contribution in [1.82, 2.24) is 15.7 Å². The highest BCUT2D eigenvalue weighted by Crippen LogP contribution is 2.61. The summed E-state index contributed by atoms with van der Waals surface area (Å²) in [7, 11) is 0. The Labute approximate surface area is 137 Å². The van der Waals surface area contributed by atoms with Crippen molar-refractivity contribution in [2.45, 2.75) is 45.6 Å². The van der Waals surface area contributed by atoms with Crippen LogP contribution in [0.1, 0.15) is 45.6 Å². The Morgan fingerprint density at radius 2 is 2.14 bits per heavy atom. The summed E-state index contributed by atoms with van der Waals surface area (Å²) < 4.78 is 0. The molecule has 2 aliphatic rings. The molecule has 4 nitrogen and oxygen atoms in total. The number of aromatic nitrogens is 1. The predicted octanol–water partition coefficient (Wildman–Crippen LogP) is 3.09. The molecule has 2 N–H and O–H groups in total. The molecule has 2 bridgehead atoms. The van der Waals surface area contributed by atoms with Crippen LogP contribution < -0.4 is 10.7 Å².